The Labute approximate surface area is 92.9 Å². The van der Waals surface area contributed by atoms with Crippen LogP contribution in [0.2, 0.25) is 0 Å². The Morgan fingerprint density at radius 1 is 1.60 bits per heavy atom. The summed E-state index contributed by atoms with van der Waals surface area (Å²) < 4.78 is 5.29. The second-order valence-corrected chi connectivity index (χ2v) is 3.57. The van der Waals surface area contributed by atoms with E-state index in [-0.39, 0.29) is 12.2 Å². The number of carbonyl (C=O) groups is 1. The van der Waals surface area contributed by atoms with Crippen LogP contribution in [0.15, 0.2) is 29.8 Å². The molecule has 0 bridgehead atoms. The molecule has 0 spiro atoms. The molecule has 0 unspecified atom stereocenters. The van der Waals surface area contributed by atoms with Gasteiger partial charge in [-0.15, -0.1) is 0 Å². The summed E-state index contributed by atoms with van der Waals surface area (Å²) in [6.07, 6.45) is 0. The molecular weight excluding hydrogens is 216 g/mol. The van der Waals surface area contributed by atoms with Crippen molar-refractivity contribution in [3.63, 3.8) is 0 Å². The maximum Gasteiger partial charge on any atom is 0.336 e. The molecule has 0 aromatic heterocycles. The summed E-state index contributed by atoms with van der Waals surface area (Å²) in [5.74, 6) is -0.459. The first-order valence-corrected chi connectivity index (χ1v) is 4.69. The van der Waals surface area contributed by atoms with Crippen LogP contribution in [0, 0.1) is 6.92 Å². The Hall–Kier alpha value is -1.48. The van der Waals surface area contributed by atoms with Gasteiger partial charge in [0, 0.05) is 10.6 Å². The van der Waals surface area contributed by atoms with E-state index in [1.807, 2.05) is 0 Å². The fourth-order valence-electron chi connectivity index (χ4n) is 1.16. The molecule has 0 aliphatic carbocycles. The molecule has 15 heavy (non-hydrogen) atoms. The molecule has 0 atom stereocenters. The van der Waals surface area contributed by atoms with E-state index in [2.05, 4.69) is 6.58 Å². The smallest absolute Gasteiger partial charge is 0.336 e. The number of ether oxygens (including phenoxy) is 1. The van der Waals surface area contributed by atoms with Gasteiger partial charge in [-0.1, -0.05) is 24.2 Å². The average molecular weight is 227 g/mol. The Kier molecular flexibility index (Phi) is 3.74. The van der Waals surface area contributed by atoms with Crippen molar-refractivity contribution in [2.75, 3.05) is 6.61 Å². The maximum atomic E-state index is 10.8. The van der Waals surface area contributed by atoms with Crippen LogP contribution >= 0.6 is 11.6 Å². The van der Waals surface area contributed by atoms with Gasteiger partial charge in [-0.25, -0.2) is 4.79 Å². The lowest BCUT2D eigenvalue weighted by Gasteiger charge is -2.09. The van der Waals surface area contributed by atoms with Gasteiger partial charge < -0.3 is 9.84 Å². The first kappa shape index (κ1) is 11.6. The average Bonchev–Trinajstić information content (AvgIpc) is 2.15. The fraction of sp³-hybridized carbons (Fsp3) is 0.182. The lowest BCUT2D eigenvalue weighted by atomic mass is 10.1. The van der Waals surface area contributed by atoms with Gasteiger partial charge in [0.15, 0.2) is 0 Å². The third kappa shape index (κ3) is 2.99. The van der Waals surface area contributed by atoms with Crippen LogP contribution in [0.4, 0.5) is 0 Å². The number of hydrogen-bond donors (Lipinski definition) is 1. The van der Waals surface area contributed by atoms with Crippen LogP contribution in [0.5, 0.6) is 5.75 Å². The fourth-order valence-corrected chi connectivity index (χ4v) is 1.21. The number of carboxylic acid groups (broad SMARTS) is 1. The monoisotopic (exact) mass is 226 g/mol. The summed E-state index contributed by atoms with van der Waals surface area (Å²) in [6.45, 7) is 5.34. The van der Waals surface area contributed by atoms with Gasteiger partial charge in [-0.05, 0) is 19.1 Å². The van der Waals surface area contributed by atoms with Gasteiger partial charge in [-0.2, -0.15) is 0 Å². The van der Waals surface area contributed by atoms with Crippen molar-refractivity contribution in [1.82, 2.24) is 0 Å². The van der Waals surface area contributed by atoms with Crippen LogP contribution < -0.4 is 4.74 Å². The second kappa shape index (κ2) is 4.84. The van der Waals surface area contributed by atoms with E-state index < -0.39 is 5.97 Å². The zero-order valence-corrected chi connectivity index (χ0v) is 9.04. The summed E-state index contributed by atoms with van der Waals surface area (Å²) in [5.41, 5.74) is 0.815. The van der Waals surface area contributed by atoms with E-state index in [1.54, 1.807) is 19.1 Å². The van der Waals surface area contributed by atoms with Crippen LogP contribution in [0.1, 0.15) is 15.9 Å². The number of hydrogen-bond acceptors (Lipinski definition) is 2. The SMILES string of the molecule is C=C(Cl)COc1cccc(C(=O)O)c1C. The van der Waals surface area contributed by atoms with Gasteiger partial charge in [0.2, 0.25) is 0 Å². The Bertz CT molecular complexity index is 399. The van der Waals surface area contributed by atoms with Gasteiger partial charge in [0.05, 0.1) is 5.56 Å². The minimum Gasteiger partial charge on any atom is -0.488 e. The minimum absolute atomic E-state index is 0.172. The Morgan fingerprint density at radius 2 is 2.27 bits per heavy atom. The molecule has 0 saturated carbocycles. The van der Waals surface area contributed by atoms with Crippen LogP contribution in [-0.4, -0.2) is 17.7 Å². The zero-order valence-electron chi connectivity index (χ0n) is 8.29. The molecule has 0 heterocycles. The summed E-state index contributed by atoms with van der Waals surface area (Å²) in [4.78, 5) is 10.8. The quantitative estimate of drug-likeness (QED) is 0.859. The highest BCUT2D eigenvalue weighted by molar-refractivity contribution is 6.29. The minimum atomic E-state index is -0.970. The number of halogens is 1. The topological polar surface area (TPSA) is 46.5 Å². The molecule has 0 fully saturated rings. The number of benzene rings is 1. The van der Waals surface area contributed by atoms with Crippen molar-refractivity contribution in [1.29, 1.82) is 0 Å². The summed E-state index contributed by atoms with van der Waals surface area (Å²) in [6, 6.07) is 4.85. The Balaban J connectivity index is 2.94. The summed E-state index contributed by atoms with van der Waals surface area (Å²) >= 11 is 5.55. The highest BCUT2D eigenvalue weighted by atomic mass is 35.5. The first-order valence-electron chi connectivity index (χ1n) is 4.31. The van der Waals surface area contributed by atoms with Gasteiger partial charge in [-0.3, -0.25) is 0 Å². The van der Waals surface area contributed by atoms with Gasteiger partial charge >= 0.3 is 5.97 Å². The van der Waals surface area contributed by atoms with Gasteiger partial charge in [0.1, 0.15) is 12.4 Å². The van der Waals surface area contributed by atoms with E-state index in [9.17, 15) is 4.79 Å². The van der Waals surface area contributed by atoms with Crippen LogP contribution in [0.25, 0.3) is 0 Å². The largest absolute Gasteiger partial charge is 0.488 e. The van der Waals surface area contributed by atoms with Crippen LogP contribution in [0.3, 0.4) is 0 Å². The first-order chi connectivity index (χ1) is 7.02. The van der Waals surface area contributed by atoms with Crippen molar-refractivity contribution in [3.05, 3.63) is 40.9 Å². The standard InChI is InChI=1S/C11H11ClO3/c1-7(12)6-15-10-5-3-4-9(8(10)2)11(13)14/h3-5H,1,6H2,2H3,(H,13,14). The second-order valence-electron chi connectivity index (χ2n) is 3.04. The molecule has 1 N–H and O–H groups in total. The van der Waals surface area contributed by atoms with Crippen LogP contribution in [-0.2, 0) is 0 Å². The summed E-state index contributed by atoms with van der Waals surface area (Å²) in [7, 11) is 0. The molecule has 3 nitrogen and oxygen atoms in total. The molecule has 0 saturated heterocycles. The highest BCUT2D eigenvalue weighted by Crippen LogP contribution is 2.22. The lowest BCUT2D eigenvalue weighted by Crippen LogP contribution is -2.03. The van der Waals surface area contributed by atoms with E-state index in [4.69, 9.17) is 21.4 Å². The molecule has 1 aromatic rings. The molecule has 0 aliphatic heterocycles. The number of rotatable bonds is 4. The molecule has 1 aromatic carbocycles. The lowest BCUT2D eigenvalue weighted by molar-refractivity contribution is 0.0695. The zero-order chi connectivity index (χ0) is 11.4. The van der Waals surface area contributed by atoms with E-state index in [1.165, 1.54) is 6.07 Å². The molecule has 0 radical (unpaired) electrons. The van der Waals surface area contributed by atoms with Crippen molar-refractivity contribution < 1.29 is 14.6 Å². The third-order valence-electron chi connectivity index (χ3n) is 1.90. The highest BCUT2D eigenvalue weighted by Gasteiger charge is 2.10. The van der Waals surface area contributed by atoms with E-state index >= 15 is 0 Å². The Morgan fingerprint density at radius 3 is 2.80 bits per heavy atom. The number of aromatic carboxylic acids is 1. The van der Waals surface area contributed by atoms with Crippen molar-refractivity contribution >= 4 is 17.6 Å². The van der Waals surface area contributed by atoms with E-state index in [0.717, 1.165) is 0 Å². The third-order valence-corrected chi connectivity index (χ3v) is 2.01. The normalized spacial score (nSPS) is 9.73. The number of carboxylic acids is 1. The predicted octanol–water partition coefficient (Wildman–Crippen LogP) is 2.82. The summed E-state index contributed by atoms with van der Waals surface area (Å²) in [5, 5.41) is 9.24. The molecular formula is C11H11ClO3. The van der Waals surface area contributed by atoms with E-state index in [0.29, 0.717) is 16.3 Å². The molecule has 0 aliphatic rings. The molecule has 0 amide bonds. The molecule has 4 heteroatoms. The van der Waals surface area contributed by atoms with Crippen molar-refractivity contribution in [3.8, 4) is 5.75 Å². The maximum absolute atomic E-state index is 10.8. The molecule has 1 rings (SSSR count). The molecule has 80 valence electrons. The predicted molar refractivity (Wildman–Crippen MR) is 58.6 cm³/mol. The van der Waals surface area contributed by atoms with Gasteiger partial charge in [0.25, 0.3) is 0 Å². The van der Waals surface area contributed by atoms with Crippen molar-refractivity contribution in [2.24, 2.45) is 0 Å². The van der Waals surface area contributed by atoms with Crippen molar-refractivity contribution in [2.45, 2.75) is 6.92 Å².